The Bertz CT molecular complexity index is 1190. The van der Waals surface area contributed by atoms with Crippen LogP contribution in [0.25, 0.3) is 11.1 Å². The Balaban J connectivity index is 1.65. The van der Waals surface area contributed by atoms with Gasteiger partial charge in [0.05, 0.1) is 13.0 Å². The topological polar surface area (TPSA) is 81.8 Å². The summed E-state index contributed by atoms with van der Waals surface area (Å²) in [6.07, 6.45) is 2.14. The van der Waals surface area contributed by atoms with E-state index in [-0.39, 0.29) is 24.3 Å². The van der Waals surface area contributed by atoms with E-state index in [1.54, 1.807) is 49.4 Å². The molecule has 0 bridgehead atoms. The van der Waals surface area contributed by atoms with E-state index in [0.717, 1.165) is 18.4 Å². The molecule has 0 radical (unpaired) electrons. The summed E-state index contributed by atoms with van der Waals surface area (Å²) in [5.74, 6) is -0.115. The van der Waals surface area contributed by atoms with Crippen LogP contribution in [-0.4, -0.2) is 17.7 Å². The minimum atomic E-state index is -0.924. The van der Waals surface area contributed by atoms with Gasteiger partial charge in [-0.3, -0.25) is 4.79 Å². The highest BCUT2D eigenvalue weighted by atomic mass is 19.1. The van der Waals surface area contributed by atoms with Crippen molar-refractivity contribution in [3.63, 3.8) is 0 Å². The summed E-state index contributed by atoms with van der Waals surface area (Å²) in [5, 5.41) is 9.18. The second-order valence-corrected chi connectivity index (χ2v) is 9.43. The first kappa shape index (κ1) is 23.8. The molecule has 0 amide bonds. The van der Waals surface area contributed by atoms with Gasteiger partial charge in [0.25, 0.3) is 0 Å². The monoisotopic (exact) mass is 463 g/mol. The lowest BCUT2D eigenvalue weighted by atomic mass is 9.97. The number of carbonyl (C=O) groups is 1. The van der Waals surface area contributed by atoms with Gasteiger partial charge in [-0.1, -0.05) is 43.3 Å². The van der Waals surface area contributed by atoms with Gasteiger partial charge in [-0.25, -0.2) is 4.39 Å². The zero-order valence-electron chi connectivity index (χ0n) is 19.5. The number of aliphatic carboxylic acids is 1. The standard InChI is InChI=1S/C28H30FNO4/c1-18(30)23-7-5-8-24(27(23)29)21-12-19(13-22(14-21)34-17-28(2)10-11-28)16-33-25-9-4-3-6-20(25)15-26(31)32/h3-9,12-14,18H,10-11,15-17,30H2,1-2H3,(H,31,32)/t18-/m1/s1. The lowest BCUT2D eigenvalue weighted by molar-refractivity contribution is -0.136. The van der Waals surface area contributed by atoms with Crippen LogP contribution < -0.4 is 15.2 Å². The van der Waals surface area contributed by atoms with Crippen LogP contribution in [0.15, 0.2) is 60.7 Å². The Labute approximate surface area is 199 Å². The summed E-state index contributed by atoms with van der Waals surface area (Å²) in [5.41, 5.74) is 9.13. The maximum atomic E-state index is 15.3. The summed E-state index contributed by atoms with van der Waals surface area (Å²) in [6.45, 7) is 4.73. The molecule has 1 saturated carbocycles. The van der Waals surface area contributed by atoms with Gasteiger partial charge in [-0.15, -0.1) is 0 Å². The van der Waals surface area contributed by atoms with Crippen molar-refractivity contribution in [3.05, 3.63) is 83.2 Å². The summed E-state index contributed by atoms with van der Waals surface area (Å²) in [6, 6.07) is 17.5. The number of rotatable bonds is 10. The molecule has 3 aromatic carbocycles. The van der Waals surface area contributed by atoms with Gasteiger partial charge in [-0.05, 0) is 55.2 Å². The number of hydrogen-bond acceptors (Lipinski definition) is 4. The molecule has 0 saturated heterocycles. The Kier molecular flexibility index (Phi) is 6.89. The highest BCUT2D eigenvalue weighted by molar-refractivity contribution is 5.71. The number of ether oxygens (including phenoxy) is 2. The van der Waals surface area contributed by atoms with Crippen LogP contribution in [0.4, 0.5) is 4.39 Å². The maximum absolute atomic E-state index is 15.3. The van der Waals surface area contributed by atoms with Crippen molar-refractivity contribution in [2.75, 3.05) is 6.61 Å². The minimum Gasteiger partial charge on any atom is -0.493 e. The predicted octanol–water partition coefficient (Wildman–Crippen LogP) is 5.90. The highest BCUT2D eigenvalue weighted by Gasteiger charge is 2.38. The lowest BCUT2D eigenvalue weighted by Crippen LogP contribution is -2.10. The van der Waals surface area contributed by atoms with Gasteiger partial charge >= 0.3 is 5.97 Å². The number of benzene rings is 3. The second-order valence-electron chi connectivity index (χ2n) is 9.43. The fourth-order valence-electron chi connectivity index (χ4n) is 3.84. The van der Waals surface area contributed by atoms with E-state index in [4.69, 9.17) is 15.2 Å². The van der Waals surface area contributed by atoms with Gasteiger partial charge in [0.2, 0.25) is 0 Å². The highest BCUT2D eigenvalue weighted by Crippen LogP contribution is 2.45. The Morgan fingerprint density at radius 1 is 1.12 bits per heavy atom. The molecule has 178 valence electrons. The van der Waals surface area contributed by atoms with Crippen molar-refractivity contribution in [2.45, 2.75) is 45.8 Å². The number of carboxylic acid groups (broad SMARTS) is 1. The molecular formula is C28H30FNO4. The lowest BCUT2D eigenvalue weighted by Gasteiger charge is -2.17. The van der Waals surface area contributed by atoms with Crippen molar-refractivity contribution in [1.82, 2.24) is 0 Å². The van der Waals surface area contributed by atoms with Crippen LogP contribution in [0, 0.1) is 11.2 Å². The van der Waals surface area contributed by atoms with Crippen LogP contribution in [0.3, 0.4) is 0 Å². The molecule has 1 atom stereocenters. The first-order valence-corrected chi connectivity index (χ1v) is 11.5. The molecule has 0 unspecified atom stereocenters. The fraction of sp³-hybridized carbons (Fsp3) is 0.321. The molecule has 0 aliphatic heterocycles. The third-order valence-electron chi connectivity index (χ3n) is 6.20. The number of halogens is 1. The van der Waals surface area contributed by atoms with Crippen LogP contribution in [-0.2, 0) is 17.8 Å². The van der Waals surface area contributed by atoms with E-state index in [1.165, 1.54) is 0 Å². The normalized spacial score (nSPS) is 14.9. The van der Waals surface area contributed by atoms with E-state index in [9.17, 15) is 9.90 Å². The smallest absolute Gasteiger partial charge is 0.307 e. The fourth-order valence-corrected chi connectivity index (χ4v) is 3.84. The summed E-state index contributed by atoms with van der Waals surface area (Å²) in [4.78, 5) is 11.2. The molecule has 6 heteroatoms. The van der Waals surface area contributed by atoms with E-state index in [1.807, 2.05) is 18.2 Å². The molecule has 34 heavy (non-hydrogen) atoms. The van der Waals surface area contributed by atoms with Gasteiger partial charge in [0.15, 0.2) is 0 Å². The molecule has 5 nitrogen and oxygen atoms in total. The zero-order valence-corrected chi connectivity index (χ0v) is 19.5. The number of nitrogens with two attached hydrogens (primary N) is 1. The van der Waals surface area contributed by atoms with E-state index < -0.39 is 12.0 Å². The number of carboxylic acids is 1. The van der Waals surface area contributed by atoms with Crippen molar-refractivity contribution in [2.24, 2.45) is 11.1 Å². The summed E-state index contributed by atoms with van der Waals surface area (Å²) in [7, 11) is 0. The van der Waals surface area contributed by atoms with Crippen molar-refractivity contribution in [1.29, 1.82) is 0 Å². The van der Waals surface area contributed by atoms with Gasteiger partial charge in [0.1, 0.15) is 23.9 Å². The third-order valence-corrected chi connectivity index (χ3v) is 6.20. The second kappa shape index (κ2) is 9.85. The first-order valence-electron chi connectivity index (χ1n) is 11.5. The number of hydrogen-bond donors (Lipinski definition) is 2. The van der Waals surface area contributed by atoms with E-state index in [2.05, 4.69) is 6.92 Å². The van der Waals surface area contributed by atoms with Crippen LogP contribution >= 0.6 is 0 Å². The first-order chi connectivity index (χ1) is 16.2. The molecule has 1 aliphatic rings. The predicted molar refractivity (Wildman–Crippen MR) is 129 cm³/mol. The molecule has 4 rings (SSSR count). The van der Waals surface area contributed by atoms with E-state index in [0.29, 0.717) is 40.4 Å². The zero-order chi connectivity index (χ0) is 24.3. The molecule has 3 aromatic rings. The van der Waals surface area contributed by atoms with Crippen LogP contribution in [0.5, 0.6) is 11.5 Å². The molecule has 0 aromatic heterocycles. The van der Waals surface area contributed by atoms with Crippen LogP contribution in [0.1, 0.15) is 49.4 Å². The third kappa shape index (κ3) is 5.75. The molecular weight excluding hydrogens is 433 g/mol. The Morgan fingerprint density at radius 3 is 2.59 bits per heavy atom. The average Bonchev–Trinajstić information content (AvgIpc) is 3.54. The average molecular weight is 464 g/mol. The maximum Gasteiger partial charge on any atom is 0.307 e. The van der Waals surface area contributed by atoms with Gasteiger partial charge in [0, 0.05) is 28.1 Å². The van der Waals surface area contributed by atoms with Crippen molar-refractivity contribution >= 4 is 5.97 Å². The minimum absolute atomic E-state index is 0.127. The Hall–Kier alpha value is -3.38. The molecule has 1 aliphatic carbocycles. The SMILES string of the molecule is C[C@@H](N)c1cccc(-c2cc(COc3ccccc3CC(=O)O)cc(OCC3(C)CC3)c2)c1F. The summed E-state index contributed by atoms with van der Waals surface area (Å²) < 4.78 is 27.4. The quantitative estimate of drug-likeness (QED) is 0.391. The van der Waals surface area contributed by atoms with E-state index >= 15 is 4.39 Å². The summed E-state index contributed by atoms with van der Waals surface area (Å²) >= 11 is 0. The molecule has 1 fully saturated rings. The molecule has 0 heterocycles. The largest absolute Gasteiger partial charge is 0.493 e. The van der Waals surface area contributed by atoms with Gasteiger partial charge < -0.3 is 20.3 Å². The molecule has 3 N–H and O–H groups in total. The van der Waals surface area contributed by atoms with Crippen molar-refractivity contribution < 1.29 is 23.8 Å². The van der Waals surface area contributed by atoms with Gasteiger partial charge in [-0.2, -0.15) is 0 Å². The molecule has 0 spiro atoms. The Morgan fingerprint density at radius 2 is 1.88 bits per heavy atom. The van der Waals surface area contributed by atoms with Crippen LogP contribution in [0.2, 0.25) is 0 Å². The van der Waals surface area contributed by atoms with Crippen molar-refractivity contribution in [3.8, 4) is 22.6 Å². The number of para-hydroxylation sites is 1.